The van der Waals surface area contributed by atoms with E-state index < -0.39 is 13.9 Å². The third kappa shape index (κ3) is 8.93. The van der Waals surface area contributed by atoms with Crippen LogP contribution in [0.5, 0.6) is 0 Å². The van der Waals surface area contributed by atoms with E-state index in [1.165, 1.54) is 44.1 Å². The molecule has 6 atom stereocenters. The summed E-state index contributed by atoms with van der Waals surface area (Å²) in [5.41, 5.74) is 5.42. The van der Waals surface area contributed by atoms with Crippen LogP contribution in [0, 0.1) is 34.5 Å². The SMILES string of the molecule is C=C1/C(=C\C=C2/CCC[C@]3(C)[C@@H]([C@H](C)CCCC(C)(C)O)CC[C@@H]23)C[C@@H](O[Si](C)(C)C(C)(C)C)C[C@@H]1OCc1cccc(C#N)c1. The molecule has 3 fully saturated rings. The minimum Gasteiger partial charge on any atom is -0.413 e. The molecule has 4 rings (SSSR count). The van der Waals surface area contributed by atoms with Crippen LogP contribution < -0.4 is 0 Å². The lowest BCUT2D eigenvalue weighted by Gasteiger charge is -2.44. The molecule has 0 amide bonds. The second-order valence-corrected chi connectivity index (χ2v) is 22.0. The van der Waals surface area contributed by atoms with E-state index >= 15 is 0 Å². The first kappa shape index (κ1) is 36.9. The molecule has 0 radical (unpaired) electrons. The Morgan fingerprint density at radius 1 is 1.17 bits per heavy atom. The molecule has 0 bridgehead atoms. The van der Waals surface area contributed by atoms with Crippen molar-refractivity contribution in [2.24, 2.45) is 23.2 Å². The fourth-order valence-electron chi connectivity index (χ4n) is 8.48. The van der Waals surface area contributed by atoms with Crippen LogP contribution in [-0.4, -0.2) is 31.2 Å². The van der Waals surface area contributed by atoms with Gasteiger partial charge in [0.2, 0.25) is 0 Å². The Morgan fingerprint density at radius 2 is 1.91 bits per heavy atom. The van der Waals surface area contributed by atoms with Gasteiger partial charge in [-0.1, -0.05) is 83.9 Å². The van der Waals surface area contributed by atoms with Gasteiger partial charge in [-0.2, -0.15) is 5.26 Å². The summed E-state index contributed by atoms with van der Waals surface area (Å²) in [6.45, 7) is 25.6. The standard InChI is InChI=1S/C41H63NO3Si/c1-29(14-12-22-40(6,7)43)36-20-21-37-33(17-13-23-41(36,37)8)18-19-34-25-35(45-46(9,10)39(3,4)5)26-38(30(34)2)44-28-32-16-11-15-31(24-32)27-42/h11,15-16,18-19,24,29,35-38,43H,2,12-14,17,20-23,25-26,28H2,1,3-10H3/b33-18+,34-19-/t29-,35-,36-,37+,38+,41-/m1/s1. The van der Waals surface area contributed by atoms with E-state index in [0.717, 1.165) is 42.7 Å². The number of fused-ring (bicyclic) bond motifs is 1. The highest BCUT2D eigenvalue weighted by molar-refractivity contribution is 6.74. The van der Waals surface area contributed by atoms with E-state index in [2.05, 4.69) is 72.5 Å². The number of aliphatic hydroxyl groups is 1. The molecule has 0 aliphatic heterocycles. The Labute approximate surface area is 282 Å². The van der Waals surface area contributed by atoms with Gasteiger partial charge in [0.15, 0.2) is 8.32 Å². The van der Waals surface area contributed by atoms with Crippen LogP contribution in [-0.2, 0) is 15.8 Å². The molecule has 0 heterocycles. The minimum absolute atomic E-state index is 0.101. The van der Waals surface area contributed by atoms with Crippen LogP contribution in [0.15, 0.2) is 59.7 Å². The van der Waals surface area contributed by atoms with Crippen LogP contribution in [0.3, 0.4) is 0 Å². The first-order valence-electron chi connectivity index (χ1n) is 18.0. The fourth-order valence-corrected chi connectivity index (χ4v) is 9.85. The first-order chi connectivity index (χ1) is 21.4. The molecule has 3 aliphatic carbocycles. The number of nitriles is 1. The Morgan fingerprint density at radius 3 is 2.59 bits per heavy atom. The minimum atomic E-state index is -1.97. The zero-order valence-corrected chi connectivity index (χ0v) is 31.5. The van der Waals surface area contributed by atoms with Crippen molar-refractivity contribution in [3.8, 4) is 6.07 Å². The van der Waals surface area contributed by atoms with E-state index in [0.29, 0.717) is 29.4 Å². The smallest absolute Gasteiger partial charge is 0.192 e. The van der Waals surface area contributed by atoms with Crippen molar-refractivity contribution in [1.82, 2.24) is 0 Å². The molecular weight excluding hydrogens is 583 g/mol. The Balaban J connectivity index is 1.54. The van der Waals surface area contributed by atoms with Crippen molar-refractivity contribution in [3.63, 3.8) is 0 Å². The molecule has 0 aromatic heterocycles. The third-order valence-corrected chi connectivity index (χ3v) is 16.7. The first-order valence-corrected chi connectivity index (χ1v) is 20.9. The molecule has 4 nitrogen and oxygen atoms in total. The molecule has 3 saturated carbocycles. The Bertz CT molecular complexity index is 1320. The number of hydrogen-bond acceptors (Lipinski definition) is 4. The quantitative estimate of drug-likeness (QED) is 0.243. The molecule has 5 heteroatoms. The highest BCUT2D eigenvalue weighted by atomic mass is 28.4. The van der Waals surface area contributed by atoms with Crippen molar-refractivity contribution in [1.29, 1.82) is 5.26 Å². The largest absolute Gasteiger partial charge is 0.413 e. The van der Waals surface area contributed by atoms with Gasteiger partial charge >= 0.3 is 0 Å². The lowest BCUT2D eigenvalue weighted by Crippen LogP contribution is -2.46. The predicted molar refractivity (Wildman–Crippen MR) is 194 cm³/mol. The summed E-state index contributed by atoms with van der Waals surface area (Å²) in [5.74, 6) is 2.09. The van der Waals surface area contributed by atoms with Crippen LogP contribution in [0.25, 0.3) is 0 Å². The van der Waals surface area contributed by atoms with Gasteiger partial charge in [-0.15, -0.1) is 0 Å². The van der Waals surface area contributed by atoms with Crippen LogP contribution >= 0.6 is 0 Å². The third-order valence-electron chi connectivity index (χ3n) is 12.2. The summed E-state index contributed by atoms with van der Waals surface area (Å²) in [4.78, 5) is 0. The van der Waals surface area contributed by atoms with Crippen LogP contribution in [0.2, 0.25) is 18.1 Å². The normalized spacial score (nSPS) is 30.0. The van der Waals surface area contributed by atoms with Crippen molar-refractivity contribution >= 4 is 8.32 Å². The average molecular weight is 646 g/mol. The van der Waals surface area contributed by atoms with E-state index in [-0.39, 0.29) is 17.2 Å². The van der Waals surface area contributed by atoms with E-state index in [9.17, 15) is 10.4 Å². The molecule has 1 aromatic rings. The summed E-state index contributed by atoms with van der Waals surface area (Å²) in [6, 6.07) is 9.95. The molecule has 0 unspecified atom stereocenters. The van der Waals surface area contributed by atoms with E-state index in [4.69, 9.17) is 9.16 Å². The van der Waals surface area contributed by atoms with Crippen LogP contribution in [0.4, 0.5) is 0 Å². The highest BCUT2D eigenvalue weighted by Crippen LogP contribution is 2.60. The summed E-state index contributed by atoms with van der Waals surface area (Å²) in [6.07, 6.45) is 16.1. The fraction of sp³-hybridized carbons (Fsp3) is 0.683. The van der Waals surface area contributed by atoms with Crippen molar-refractivity contribution < 1.29 is 14.3 Å². The second kappa shape index (κ2) is 14.6. The van der Waals surface area contributed by atoms with Gasteiger partial charge in [-0.25, -0.2) is 0 Å². The van der Waals surface area contributed by atoms with Crippen molar-refractivity contribution in [2.45, 2.75) is 155 Å². The molecule has 46 heavy (non-hydrogen) atoms. The molecule has 0 spiro atoms. The lowest BCUT2D eigenvalue weighted by molar-refractivity contribution is 0.0197. The van der Waals surface area contributed by atoms with Gasteiger partial charge < -0.3 is 14.3 Å². The molecule has 0 saturated heterocycles. The maximum absolute atomic E-state index is 10.2. The zero-order chi connectivity index (χ0) is 33.9. The summed E-state index contributed by atoms with van der Waals surface area (Å²) in [5, 5.41) is 19.7. The molecule has 254 valence electrons. The number of allylic oxidation sites excluding steroid dienone is 3. The number of nitrogens with zero attached hydrogens (tertiary/aromatic N) is 1. The van der Waals surface area contributed by atoms with E-state index in [1.807, 2.05) is 38.1 Å². The summed E-state index contributed by atoms with van der Waals surface area (Å²) in [7, 11) is -1.97. The maximum atomic E-state index is 10.2. The average Bonchev–Trinajstić information content (AvgIpc) is 3.32. The molecule has 1 aromatic carbocycles. The molecule has 3 aliphatic rings. The number of benzene rings is 1. The Kier molecular flexibility index (Phi) is 11.7. The number of hydrogen-bond donors (Lipinski definition) is 1. The predicted octanol–water partition coefficient (Wildman–Crippen LogP) is 10.8. The summed E-state index contributed by atoms with van der Waals surface area (Å²) >= 11 is 0. The lowest BCUT2D eigenvalue weighted by atomic mass is 9.60. The van der Waals surface area contributed by atoms with Gasteiger partial charge in [0.05, 0.1) is 36.0 Å². The topological polar surface area (TPSA) is 62.5 Å². The number of rotatable bonds is 11. The maximum Gasteiger partial charge on any atom is 0.192 e. The van der Waals surface area contributed by atoms with Crippen molar-refractivity contribution in [2.75, 3.05) is 0 Å². The zero-order valence-electron chi connectivity index (χ0n) is 30.5. The van der Waals surface area contributed by atoms with E-state index in [1.54, 1.807) is 5.57 Å². The molecule has 1 N–H and O–H groups in total. The van der Waals surface area contributed by atoms with Gasteiger partial charge in [0.1, 0.15) is 0 Å². The van der Waals surface area contributed by atoms with Gasteiger partial charge in [0.25, 0.3) is 0 Å². The monoisotopic (exact) mass is 645 g/mol. The van der Waals surface area contributed by atoms with Gasteiger partial charge in [-0.3, -0.25) is 0 Å². The van der Waals surface area contributed by atoms with Crippen molar-refractivity contribution in [3.05, 3.63) is 70.8 Å². The highest BCUT2D eigenvalue weighted by Gasteiger charge is 2.50. The summed E-state index contributed by atoms with van der Waals surface area (Å²) < 4.78 is 13.6. The second-order valence-electron chi connectivity index (χ2n) is 17.3. The Hall–Kier alpha value is -1.97. The van der Waals surface area contributed by atoms with Crippen LogP contribution in [0.1, 0.15) is 124 Å². The molecular formula is C41H63NO3Si. The van der Waals surface area contributed by atoms with Gasteiger partial charge in [0, 0.05) is 6.42 Å². The number of ether oxygens (including phenoxy) is 1. The van der Waals surface area contributed by atoms with Gasteiger partial charge in [-0.05, 0) is 129 Å².